The number of anilines is 1. The first-order chi connectivity index (χ1) is 9.51. The molecule has 1 aromatic rings. The van der Waals surface area contributed by atoms with Crippen LogP contribution < -0.4 is 15.4 Å². The third kappa shape index (κ3) is 4.78. The molecule has 0 unspecified atom stereocenters. The predicted octanol–water partition coefficient (Wildman–Crippen LogP) is 0.318. The highest BCUT2D eigenvalue weighted by molar-refractivity contribution is 7.89. The van der Waals surface area contributed by atoms with Gasteiger partial charge in [-0.2, -0.15) is 0 Å². The Morgan fingerprint density at radius 3 is 2.75 bits per heavy atom. The van der Waals surface area contributed by atoms with E-state index >= 15 is 0 Å². The molecule has 0 aliphatic heterocycles. The Balaban J connectivity index is 2.60. The number of hydrogen-bond acceptors (Lipinski definition) is 5. The van der Waals surface area contributed by atoms with Crippen molar-refractivity contribution >= 4 is 21.7 Å². The molecule has 0 aliphatic carbocycles. The Morgan fingerprint density at radius 1 is 1.35 bits per heavy atom. The number of nitrogens with one attached hydrogen (secondary N) is 3. The lowest BCUT2D eigenvalue weighted by Gasteiger charge is -2.10. The molecule has 0 atom stereocenters. The molecule has 0 fully saturated rings. The SMILES string of the molecule is CCCNC(=O)CCNS(=O)(=O)c1cccnc1NC. The molecule has 1 heterocycles. The molecule has 1 amide bonds. The third-order valence-electron chi connectivity index (χ3n) is 2.51. The molecule has 8 heteroatoms. The Labute approximate surface area is 119 Å². The highest BCUT2D eigenvalue weighted by Gasteiger charge is 2.18. The van der Waals surface area contributed by atoms with E-state index in [-0.39, 0.29) is 29.6 Å². The number of hydrogen-bond donors (Lipinski definition) is 3. The number of rotatable bonds is 8. The van der Waals surface area contributed by atoms with Gasteiger partial charge < -0.3 is 10.6 Å². The molecule has 112 valence electrons. The molecule has 3 N–H and O–H groups in total. The van der Waals surface area contributed by atoms with E-state index in [2.05, 4.69) is 20.3 Å². The van der Waals surface area contributed by atoms with Crippen LogP contribution in [0.15, 0.2) is 23.2 Å². The van der Waals surface area contributed by atoms with Crippen molar-refractivity contribution in [3.05, 3.63) is 18.3 Å². The van der Waals surface area contributed by atoms with Crippen LogP contribution in [-0.2, 0) is 14.8 Å². The summed E-state index contributed by atoms with van der Waals surface area (Å²) in [5, 5.41) is 5.40. The molecular formula is C12H20N4O3S. The highest BCUT2D eigenvalue weighted by atomic mass is 32.2. The van der Waals surface area contributed by atoms with Gasteiger partial charge in [0.1, 0.15) is 10.7 Å². The van der Waals surface area contributed by atoms with Crippen molar-refractivity contribution in [2.45, 2.75) is 24.7 Å². The first-order valence-corrected chi connectivity index (χ1v) is 7.88. The zero-order valence-corrected chi connectivity index (χ0v) is 12.5. The zero-order valence-electron chi connectivity index (χ0n) is 11.6. The fourth-order valence-corrected chi connectivity index (χ4v) is 2.72. The number of aromatic nitrogens is 1. The number of amides is 1. The van der Waals surface area contributed by atoms with Gasteiger partial charge in [0, 0.05) is 32.8 Å². The normalized spacial score (nSPS) is 11.1. The number of carbonyl (C=O) groups excluding carboxylic acids is 1. The Bertz CT molecular complexity index is 545. The molecule has 0 aliphatic rings. The Morgan fingerprint density at radius 2 is 2.10 bits per heavy atom. The average molecular weight is 300 g/mol. The van der Waals surface area contributed by atoms with Crippen molar-refractivity contribution in [3.63, 3.8) is 0 Å². The minimum absolute atomic E-state index is 0.0515. The van der Waals surface area contributed by atoms with Gasteiger partial charge in [-0.1, -0.05) is 6.92 Å². The number of carbonyl (C=O) groups is 1. The molecule has 0 bridgehead atoms. The highest BCUT2D eigenvalue weighted by Crippen LogP contribution is 2.16. The standard InChI is InChI=1S/C12H20N4O3S/c1-3-7-14-11(17)6-9-16-20(18,19)10-5-4-8-15-12(10)13-2/h4-5,8,16H,3,6-7,9H2,1-2H3,(H,13,15)(H,14,17). The fraction of sp³-hybridized carbons (Fsp3) is 0.500. The van der Waals surface area contributed by atoms with Gasteiger partial charge in [-0.3, -0.25) is 4.79 Å². The van der Waals surface area contributed by atoms with E-state index in [0.717, 1.165) is 6.42 Å². The van der Waals surface area contributed by atoms with Crippen molar-refractivity contribution in [2.24, 2.45) is 0 Å². The first kappa shape index (κ1) is 16.4. The van der Waals surface area contributed by atoms with E-state index in [1.54, 1.807) is 13.1 Å². The van der Waals surface area contributed by atoms with Crippen LogP contribution in [0.3, 0.4) is 0 Å². The minimum atomic E-state index is -3.67. The van der Waals surface area contributed by atoms with E-state index < -0.39 is 10.0 Å². The monoisotopic (exact) mass is 300 g/mol. The second-order valence-corrected chi connectivity index (χ2v) is 5.83. The van der Waals surface area contributed by atoms with Crippen LogP contribution in [0.1, 0.15) is 19.8 Å². The summed E-state index contributed by atoms with van der Waals surface area (Å²) in [7, 11) is -2.08. The molecule has 0 saturated heterocycles. The second kappa shape index (κ2) is 7.81. The van der Waals surface area contributed by atoms with Crippen molar-refractivity contribution in [2.75, 3.05) is 25.5 Å². The van der Waals surface area contributed by atoms with E-state index in [1.165, 1.54) is 12.3 Å². The quantitative estimate of drug-likeness (QED) is 0.642. The van der Waals surface area contributed by atoms with Crippen molar-refractivity contribution in [1.29, 1.82) is 0 Å². The fourth-order valence-electron chi connectivity index (χ4n) is 1.52. The maximum absolute atomic E-state index is 12.1. The van der Waals surface area contributed by atoms with E-state index in [4.69, 9.17) is 0 Å². The number of pyridine rings is 1. The van der Waals surface area contributed by atoms with Gasteiger partial charge in [-0.15, -0.1) is 0 Å². The third-order valence-corrected chi connectivity index (χ3v) is 4.01. The second-order valence-electron chi connectivity index (χ2n) is 4.10. The topological polar surface area (TPSA) is 100 Å². The van der Waals surface area contributed by atoms with Crippen LogP contribution in [0.2, 0.25) is 0 Å². The van der Waals surface area contributed by atoms with Crippen LogP contribution in [0.5, 0.6) is 0 Å². The van der Waals surface area contributed by atoms with Crippen LogP contribution in [-0.4, -0.2) is 39.4 Å². The summed E-state index contributed by atoms with van der Waals surface area (Å²) in [4.78, 5) is 15.4. The molecule has 1 rings (SSSR count). The van der Waals surface area contributed by atoms with E-state index in [9.17, 15) is 13.2 Å². The van der Waals surface area contributed by atoms with Crippen molar-refractivity contribution in [1.82, 2.24) is 15.0 Å². The maximum atomic E-state index is 12.1. The van der Waals surface area contributed by atoms with Crippen LogP contribution >= 0.6 is 0 Å². The molecular weight excluding hydrogens is 280 g/mol. The number of sulfonamides is 1. The predicted molar refractivity (Wildman–Crippen MR) is 76.9 cm³/mol. The molecule has 7 nitrogen and oxygen atoms in total. The summed E-state index contributed by atoms with van der Waals surface area (Å²) < 4.78 is 26.6. The van der Waals surface area contributed by atoms with Gasteiger partial charge in [0.05, 0.1) is 0 Å². The first-order valence-electron chi connectivity index (χ1n) is 6.40. The molecule has 0 spiro atoms. The molecule has 0 radical (unpaired) electrons. The van der Waals surface area contributed by atoms with Gasteiger partial charge in [0.15, 0.2) is 0 Å². The summed E-state index contributed by atoms with van der Waals surface area (Å²) in [6.45, 7) is 2.60. The van der Waals surface area contributed by atoms with Crippen LogP contribution in [0, 0.1) is 0 Å². The van der Waals surface area contributed by atoms with Crippen LogP contribution in [0.4, 0.5) is 5.82 Å². The van der Waals surface area contributed by atoms with Gasteiger partial charge in [0.2, 0.25) is 15.9 Å². The minimum Gasteiger partial charge on any atom is -0.372 e. The van der Waals surface area contributed by atoms with Gasteiger partial charge in [-0.05, 0) is 18.6 Å². The Hall–Kier alpha value is -1.67. The lowest BCUT2D eigenvalue weighted by Crippen LogP contribution is -2.31. The van der Waals surface area contributed by atoms with Crippen LogP contribution in [0.25, 0.3) is 0 Å². The average Bonchev–Trinajstić information content (AvgIpc) is 2.44. The summed E-state index contributed by atoms with van der Waals surface area (Å²) in [5.74, 6) is 0.102. The van der Waals surface area contributed by atoms with Gasteiger partial charge >= 0.3 is 0 Å². The molecule has 0 aromatic carbocycles. The zero-order chi connectivity index (χ0) is 15.0. The lowest BCUT2D eigenvalue weighted by atomic mass is 10.4. The summed E-state index contributed by atoms with van der Waals surface area (Å²) >= 11 is 0. The lowest BCUT2D eigenvalue weighted by molar-refractivity contribution is -0.120. The molecule has 20 heavy (non-hydrogen) atoms. The van der Waals surface area contributed by atoms with E-state index in [0.29, 0.717) is 6.54 Å². The maximum Gasteiger partial charge on any atom is 0.244 e. The van der Waals surface area contributed by atoms with Gasteiger partial charge in [0.25, 0.3) is 0 Å². The van der Waals surface area contributed by atoms with Crippen molar-refractivity contribution < 1.29 is 13.2 Å². The summed E-state index contributed by atoms with van der Waals surface area (Å²) in [6.07, 6.45) is 2.45. The van der Waals surface area contributed by atoms with Crippen molar-refractivity contribution in [3.8, 4) is 0 Å². The summed E-state index contributed by atoms with van der Waals surface area (Å²) in [5.41, 5.74) is 0. The molecule has 0 saturated carbocycles. The van der Waals surface area contributed by atoms with Gasteiger partial charge in [-0.25, -0.2) is 18.1 Å². The van der Waals surface area contributed by atoms with E-state index in [1.807, 2.05) is 6.92 Å². The largest absolute Gasteiger partial charge is 0.372 e. The summed E-state index contributed by atoms with van der Waals surface area (Å²) in [6, 6.07) is 3.00. The molecule has 1 aromatic heterocycles. The smallest absolute Gasteiger partial charge is 0.244 e. The Kier molecular flexibility index (Phi) is 6.40. The number of nitrogens with zero attached hydrogens (tertiary/aromatic N) is 1.